The summed E-state index contributed by atoms with van der Waals surface area (Å²) in [5.74, 6) is 0.0972. The SMILES string of the molecule is Cc1cc2nc(SCC(=O)N(C)c3ccccc3)n(-c3ccccc3)c(=O)c2[nH]1. The van der Waals surface area contributed by atoms with Crippen LogP contribution in [0.2, 0.25) is 0 Å². The molecule has 1 amide bonds. The molecule has 2 heterocycles. The van der Waals surface area contributed by atoms with Crippen LogP contribution in [0, 0.1) is 6.92 Å². The highest BCUT2D eigenvalue weighted by molar-refractivity contribution is 7.99. The van der Waals surface area contributed by atoms with E-state index < -0.39 is 0 Å². The molecule has 0 radical (unpaired) electrons. The average molecular weight is 404 g/mol. The van der Waals surface area contributed by atoms with Crippen LogP contribution in [0.5, 0.6) is 0 Å². The van der Waals surface area contributed by atoms with Gasteiger partial charge in [-0.05, 0) is 37.3 Å². The van der Waals surface area contributed by atoms with Crippen LogP contribution in [0.1, 0.15) is 5.69 Å². The summed E-state index contributed by atoms with van der Waals surface area (Å²) >= 11 is 1.26. The Morgan fingerprint density at radius 1 is 1.10 bits per heavy atom. The van der Waals surface area contributed by atoms with E-state index in [1.54, 1.807) is 16.5 Å². The number of fused-ring (bicyclic) bond motifs is 1. The predicted octanol–water partition coefficient (Wildman–Crippen LogP) is 3.78. The third-order valence-electron chi connectivity index (χ3n) is 4.61. The molecule has 0 aliphatic rings. The van der Waals surface area contributed by atoms with E-state index in [9.17, 15) is 9.59 Å². The molecule has 0 bridgehead atoms. The predicted molar refractivity (Wildman–Crippen MR) is 117 cm³/mol. The normalized spacial score (nSPS) is 11.0. The number of hydrogen-bond donors (Lipinski definition) is 1. The molecule has 4 rings (SSSR count). The number of nitrogens with one attached hydrogen (secondary N) is 1. The molecule has 0 atom stereocenters. The number of aryl methyl sites for hydroxylation is 1. The number of hydrogen-bond acceptors (Lipinski definition) is 4. The first-order chi connectivity index (χ1) is 14.0. The second-order valence-corrected chi connectivity index (χ2v) is 7.60. The number of benzene rings is 2. The number of aromatic amines is 1. The zero-order valence-electron chi connectivity index (χ0n) is 16.1. The van der Waals surface area contributed by atoms with E-state index in [0.29, 0.717) is 21.9 Å². The van der Waals surface area contributed by atoms with Gasteiger partial charge in [0.2, 0.25) is 5.91 Å². The van der Waals surface area contributed by atoms with Gasteiger partial charge in [-0.3, -0.25) is 14.2 Å². The monoisotopic (exact) mass is 404 g/mol. The molecule has 6 nitrogen and oxygen atoms in total. The van der Waals surface area contributed by atoms with Crippen molar-refractivity contribution in [1.82, 2.24) is 14.5 Å². The molecule has 29 heavy (non-hydrogen) atoms. The molecule has 2 aromatic heterocycles. The molecule has 4 aromatic rings. The van der Waals surface area contributed by atoms with Crippen molar-refractivity contribution in [3.8, 4) is 5.69 Å². The second kappa shape index (κ2) is 7.97. The largest absolute Gasteiger partial charge is 0.353 e. The highest BCUT2D eigenvalue weighted by Crippen LogP contribution is 2.23. The molecule has 0 fully saturated rings. The van der Waals surface area contributed by atoms with Gasteiger partial charge < -0.3 is 9.88 Å². The number of nitrogens with zero attached hydrogens (tertiary/aromatic N) is 3. The Morgan fingerprint density at radius 3 is 2.45 bits per heavy atom. The first-order valence-corrected chi connectivity index (χ1v) is 10.2. The number of carbonyl (C=O) groups is 1. The lowest BCUT2D eigenvalue weighted by Gasteiger charge is -2.17. The van der Waals surface area contributed by atoms with Gasteiger partial charge in [0.1, 0.15) is 5.52 Å². The summed E-state index contributed by atoms with van der Waals surface area (Å²) in [7, 11) is 1.74. The van der Waals surface area contributed by atoms with Crippen molar-refractivity contribution in [2.24, 2.45) is 0 Å². The molecule has 146 valence electrons. The molecule has 0 aliphatic carbocycles. The van der Waals surface area contributed by atoms with Gasteiger partial charge in [-0.1, -0.05) is 48.2 Å². The van der Waals surface area contributed by atoms with Crippen LogP contribution >= 0.6 is 11.8 Å². The van der Waals surface area contributed by atoms with E-state index in [0.717, 1.165) is 11.4 Å². The minimum absolute atomic E-state index is 0.0691. The number of thioether (sulfide) groups is 1. The van der Waals surface area contributed by atoms with Crippen molar-refractivity contribution in [1.29, 1.82) is 0 Å². The van der Waals surface area contributed by atoms with E-state index in [1.807, 2.05) is 73.7 Å². The molecular weight excluding hydrogens is 384 g/mol. The van der Waals surface area contributed by atoms with Crippen molar-refractivity contribution in [3.63, 3.8) is 0 Å². The number of carbonyl (C=O) groups excluding carboxylic acids is 1. The third kappa shape index (κ3) is 3.82. The maximum Gasteiger partial charge on any atom is 0.283 e. The summed E-state index contributed by atoms with van der Waals surface area (Å²) < 4.78 is 1.55. The van der Waals surface area contributed by atoms with Crippen LogP contribution in [-0.2, 0) is 4.79 Å². The highest BCUT2D eigenvalue weighted by Gasteiger charge is 2.18. The van der Waals surface area contributed by atoms with E-state index in [1.165, 1.54) is 11.8 Å². The summed E-state index contributed by atoms with van der Waals surface area (Å²) in [5.41, 5.74) is 3.29. The summed E-state index contributed by atoms with van der Waals surface area (Å²) in [6, 6.07) is 20.6. The van der Waals surface area contributed by atoms with E-state index in [-0.39, 0.29) is 17.2 Å². The van der Waals surface area contributed by atoms with Gasteiger partial charge in [0.25, 0.3) is 5.56 Å². The summed E-state index contributed by atoms with van der Waals surface area (Å²) in [4.78, 5) is 35.2. The van der Waals surface area contributed by atoms with Crippen LogP contribution < -0.4 is 10.5 Å². The molecule has 0 saturated carbocycles. The van der Waals surface area contributed by atoms with Crippen LogP contribution in [0.15, 0.2) is 76.7 Å². The lowest BCUT2D eigenvalue weighted by molar-refractivity contribution is -0.115. The van der Waals surface area contributed by atoms with Crippen molar-refractivity contribution >= 4 is 34.4 Å². The van der Waals surface area contributed by atoms with Gasteiger partial charge in [-0.15, -0.1) is 0 Å². The summed E-state index contributed by atoms with van der Waals surface area (Å²) in [6.45, 7) is 1.89. The third-order valence-corrected chi connectivity index (χ3v) is 5.54. The van der Waals surface area contributed by atoms with Crippen LogP contribution in [0.25, 0.3) is 16.7 Å². The Hall–Kier alpha value is -3.32. The minimum atomic E-state index is -0.180. The number of aromatic nitrogens is 3. The first-order valence-electron chi connectivity index (χ1n) is 9.17. The summed E-state index contributed by atoms with van der Waals surface area (Å²) in [6.07, 6.45) is 0. The molecular formula is C22H20N4O2S. The number of amides is 1. The van der Waals surface area contributed by atoms with Crippen molar-refractivity contribution < 1.29 is 4.79 Å². The van der Waals surface area contributed by atoms with Crippen molar-refractivity contribution in [2.75, 3.05) is 17.7 Å². The Labute approximate surface area is 172 Å². The quantitative estimate of drug-likeness (QED) is 0.406. The van der Waals surface area contributed by atoms with E-state index >= 15 is 0 Å². The van der Waals surface area contributed by atoms with E-state index in [4.69, 9.17) is 0 Å². The fourth-order valence-corrected chi connectivity index (χ4v) is 4.02. The first kappa shape index (κ1) is 19.0. The lowest BCUT2D eigenvalue weighted by atomic mass is 10.3. The molecule has 1 N–H and O–H groups in total. The highest BCUT2D eigenvalue weighted by atomic mass is 32.2. The van der Waals surface area contributed by atoms with Gasteiger partial charge in [0.15, 0.2) is 5.16 Å². The zero-order valence-corrected chi connectivity index (χ0v) is 16.9. The summed E-state index contributed by atoms with van der Waals surface area (Å²) in [5, 5.41) is 0.488. The van der Waals surface area contributed by atoms with Crippen LogP contribution in [0.4, 0.5) is 5.69 Å². The fourth-order valence-electron chi connectivity index (χ4n) is 3.10. The maximum absolute atomic E-state index is 13.1. The fraction of sp³-hybridized carbons (Fsp3) is 0.136. The zero-order chi connectivity index (χ0) is 20.4. The average Bonchev–Trinajstić information content (AvgIpc) is 3.13. The number of anilines is 1. The molecule has 0 unspecified atom stereocenters. The van der Waals surface area contributed by atoms with Crippen LogP contribution in [0.3, 0.4) is 0 Å². The van der Waals surface area contributed by atoms with Crippen molar-refractivity contribution in [3.05, 3.63) is 82.8 Å². The maximum atomic E-state index is 13.1. The van der Waals surface area contributed by atoms with Gasteiger partial charge in [0.05, 0.1) is 17.0 Å². The number of para-hydroxylation sites is 2. The van der Waals surface area contributed by atoms with Gasteiger partial charge >= 0.3 is 0 Å². The number of rotatable bonds is 5. The molecule has 0 aliphatic heterocycles. The minimum Gasteiger partial charge on any atom is -0.353 e. The lowest BCUT2D eigenvalue weighted by Crippen LogP contribution is -2.28. The Bertz CT molecular complexity index is 1220. The van der Waals surface area contributed by atoms with E-state index in [2.05, 4.69) is 9.97 Å². The van der Waals surface area contributed by atoms with Gasteiger partial charge in [-0.2, -0.15) is 0 Å². The molecule has 0 spiro atoms. The molecule has 2 aromatic carbocycles. The molecule has 7 heteroatoms. The smallest absolute Gasteiger partial charge is 0.283 e. The van der Waals surface area contributed by atoms with Crippen LogP contribution in [-0.4, -0.2) is 33.2 Å². The van der Waals surface area contributed by atoms with Crippen molar-refractivity contribution in [2.45, 2.75) is 12.1 Å². The number of H-pyrrole nitrogens is 1. The Morgan fingerprint density at radius 2 is 1.76 bits per heavy atom. The second-order valence-electron chi connectivity index (χ2n) is 6.66. The topological polar surface area (TPSA) is 71.0 Å². The van der Waals surface area contributed by atoms with Gasteiger partial charge in [0, 0.05) is 18.4 Å². The van der Waals surface area contributed by atoms with Gasteiger partial charge in [-0.25, -0.2) is 4.98 Å². The Balaban J connectivity index is 1.69. The standard InChI is InChI=1S/C22H20N4O2S/c1-15-13-18-20(23-15)21(28)26(17-11-7-4-8-12-17)22(24-18)29-14-19(27)25(2)16-9-5-3-6-10-16/h3-13,23H,14H2,1-2H3. The Kier molecular flexibility index (Phi) is 5.22. The molecule has 0 saturated heterocycles.